The van der Waals surface area contributed by atoms with E-state index in [1.165, 1.54) is 17.0 Å². The topological polar surface area (TPSA) is 75.7 Å². The third-order valence-electron chi connectivity index (χ3n) is 3.89. The molecule has 26 heavy (non-hydrogen) atoms. The summed E-state index contributed by atoms with van der Waals surface area (Å²) in [5.74, 6) is 0.558. The van der Waals surface area contributed by atoms with Crippen LogP contribution in [0.2, 0.25) is 0 Å². The standard InChI is InChI=1S/C19H24N2O4S/c1-21(2)19(22)16-7-4-8-18(14-16)26(23,24)20-13-5-6-15-9-11-17(25-3)12-10-15/h4,7-12,14,20H,5-6,13H2,1-3H3. The van der Waals surface area contributed by atoms with Crippen LogP contribution >= 0.6 is 0 Å². The van der Waals surface area contributed by atoms with E-state index in [-0.39, 0.29) is 10.8 Å². The zero-order valence-electron chi connectivity index (χ0n) is 15.2. The average molecular weight is 376 g/mol. The Kier molecular flexibility index (Phi) is 6.76. The van der Waals surface area contributed by atoms with Crippen molar-refractivity contribution in [1.82, 2.24) is 9.62 Å². The van der Waals surface area contributed by atoms with Gasteiger partial charge in [-0.05, 0) is 48.7 Å². The van der Waals surface area contributed by atoms with Gasteiger partial charge in [0.1, 0.15) is 5.75 Å². The molecule has 0 spiro atoms. The fraction of sp³-hybridized carbons (Fsp3) is 0.316. The zero-order valence-corrected chi connectivity index (χ0v) is 16.0. The maximum atomic E-state index is 12.4. The maximum Gasteiger partial charge on any atom is 0.253 e. The Morgan fingerprint density at radius 2 is 1.81 bits per heavy atom. The SMILES string of the molecule is COc1ccc(CCCNS(=O)(=O)c2cccc(C(=O)N(C)C)c2)cc1. The van der Waals surface area contributed by atoms with E-state index in [1.807, 2.05) is 24.3 Å². The van der Waals surface area contributed by atoms with Crippen molar-refractivity contribution in [2.45, 2.75) is 17.7 Å². The Morgan fingerprint density at radius 1 is 1.12 bits per heavy atom. The third-order valence-corrected chi connectivity index (χ3v) is 5.35. The van der Waals surface area contributed by atoms with E-state index in [2.05, 4.69) is 4.72 Å². The molecule has 0 aliphatic rings. The summed E-state index contributed by atoms with van der Waals surface area (Å²) in [5.41, 5.74) is 1.46. The number of nitrogens with one attached hydrogen (secondary N) is 1. The van der Waals surface area contributed by atoms with Crippen molar-refractivity contribution < 1.29 is 17.9 Å². The van der Waals surface area contributed by atoms with Crippen molar-refractivity contribution >= 4 is 15.9 Å². The van der Waals surface area contributed by atoms with Crippen molar-refractivity contribution in [2.75, 3.05) is 27.7 Å². The van der Waals surface area contributed by atoms with Crippen LogP contribution < -0.4 is 9.46 Å². The Balaban J connectivity index is 1.94. The predicted molar refractivity (Wildman–Crippen MR) is 101 cm³/mol. The number of benzene rings is 2. The van der Waals surface area contributed by atoms with Gasteiger partial charge in [0.2, 0.25) is 10.0 Å². The summed E-state index contributed by atoms with van der Waals surface area (Å²) in [7, 11) is 1.22. The monoisotopic (exact) mass is 376 g/mol. The molecule has 2 rings (SSSR count). The van der Waals surface area contributed by atoms with Crippen LogP contribution in [-0.4, -0.2) is 47.0 Å². The number of methoxy groups -OCH3 is 1. The summed E-state index contributed by atoms with van der Waals surface area (Å²) in [5, 5.41) is 0. The highest BCUT2D eigenvalue weighted by molar-refractivity contribution is 7.89. The van der Waals surface area contributed by atoms with E-state index >= 15 is 0 Å². The number of carbonyl (C=O) groups is 1. The van der Waals surface area contributed by atoms with Gasteiger partial charge >= 0.3 is 0 Å². The zero-order chi connectivity index (χ0) is 19.2. The smallest absolute Gasteiger partial charge is 0.253 e. The van der Waals surface area contributed by atoms with Crippen LogP contribution in [0.5, 0.6) is 5.75 Å². The molecular formula is C19H24N2O4S. The first kappa shape index (κ1) is 19.9. The van der Waals surface area contributed by atoms with E-state index in [0.717, 1.165) is 17.7 Å². The molecule has 140 valence electrons. The molecule has 7 heteroatoms. The molecular weight excluding hydrogens is 352 g/mol. The lowest BCUT2D eigenvalue weighted by Gasteiger charge is -2.12. The normalized spacial score (nSPS) is 11.2. The first-order valence-corrected chi connectivity index (χ1v) is 9.76. The molecule has 2 aromatic rings. The van der Waals surface area contributed by atoms with Crippen molar-refractivity contribution in [2.24, 2.45) is 0 Å². The van der Waals surface area contributed by atoms with E-state index in [0.29, 0.717) is 18.5 Å². The highest BCUT2D eigenvalue weighted by Crippen LogP contribution is 2.14. The Bertz CT molecular complexity index is 846. The first-order valence-electron chi connectivity index (χ1n) is 8.28. The van der Waals surface area contributed by atoms with Crippen LogP contribution in [0.3, 0.4) is 0 Å². The molecule has 2 aromatic carbocycles. The molecule has 0 radical (unpaired) electrons. The fourth-order valence-electron chi connectivity index (χ4n) is 2.43. The minimum atomic E-state index is -3.65. The largest absolute Gasteiger partial charge is 0.497 e. The van der Waals surface area contributed by atoms with Crippen LogP contribution in [0.25, 0.3) is 0 Å². The minimum Gasteiger partial charge on any atom is -0.497 e. The number of ether oxygens (including phenoxy) is 1. The summed E-state index contributed by atoms with van der Waals surface area (Å²) in [6, 6.07) is 13.7. The number of hydrogen-bond donors (Lipinski definition) is 1. The molecule has 0 aliphatic heterocycles. The quantitative estimate of drug-likeness (QED) is 0.718. The molecule has 0 unspecified atom stereocenters. The summed E-state index contributed by atoms with van der Waals surface area (Å²) in [6.45, 7) is 0.320. The van der Waals surface area contributed by atoms with E-state index in [4.69, 9.17) is 4.74 Å². The van der Waals surface area contributed by atoms with Gasteiger partial charge in [0, 0.05) is 26.2 Å². The molecule has 0 aromatic heterocycles. The molecule has 0 heterocycles. The van der Waals surface area contributed by atoms with Crippen LogP contribution in [0.4, 0.5) is 0 Å². The lowest BCUT2D eigenvalue weighted by molar-refractivity contribution is 0.0827. The van der Waals surface area contributed by atoms with Gasteiger partial charge in [-0.3, -0.25) is 4.79 Å². The third kappa shape index (κ3) is 5.31. The summed E-state index contributed by atoms with van der Waals surface area (Å²) in [4.78, 5) is 13.5. The highest BCUT2D eigenvalue weighted by atomic mass is 32.2. The highest BCUT2D eigenvalue weighted by Gasteiger charge is 2.16. The number of amides is 1. The molecule has 0 saturated heterocycles. The lowest BCUT2D eigenvalue weighted by atomic mass is 10.1. The van der Waals surface area contributed by atoms with Gasteiger partial charge in [0.05, 0.1) is 12.0 Å². The van der Waals surface area contributed by atoms with E-state index in [1.54, 1.807) is 33.3 Å². The summed E-state index contributed by atoms with van der Waals surface area (Å²) in [6.07, 6.45) is 1.42. The van der Waals surface area contributed by atoms with Gasteiger partial charge in [-0.15, -0.1) is 0 Å². The molecule has 0 fully saturated rings. The second kappa shape index (κ2) is 8.82. The molecule has 0 saturated carbocycles. The number of hydrogen-bond acceptors (Lipinski definition) is 4. The molecule has 0 bridgehead atoms. The van der Waals surface area contributed by atoms with Crippen LogP contribution in [0.15, 0.2) is 53.4 Å². The molecule has 6 nitrogen and oxygen atoms in total. The van der Waals surface area contributed by atoms with Gasteiger partial charge in [0.15, 0.2) is 0 Å². The van der Waals surface area contributed by atoms with Crippen LogP contribution in [0, 0.1) is 0 Å². The molecule has 1 amide bonds. The van der Waals surface area contributed by atoms with Gasteiger partial charge in [0.25, 0.3) is 5.91 Å². The number of nitrogens with zero attached hydrogens (tertiary/aromatic N) is 1. The minimum absolute atomic E-state index is 0.0923. The fourth-order valence-corrected chi connectivity index (χ4v) is 3.55. The van der Waals surface area contributed by atoms with E-state index in [9.17, 15) is 13.2 Å². The van der Waals surface area contributed by atoms with Gasteiger partial charge in [-0.1, -0.05) is 18.2 Å². The van der Waals surface area contributed by atoms with Gasteiger partial charge in [-0.2, -0.15) is 0 Å². The predicted octanol–water partition coefficient (Wildman–Crippen LogP) is 2.31. The second-order valence-corrected chi connectivity index (χ2v) is 7.84. The van der Waals surface area contributed by atoms with Crippen molar-refractivity contribution in [3.05, 3.63) is 59.7 Å². The molecule has 1 N–H and O–H groups in total. The van der Waals surface area contributed by atoms with Crippen molar-refractivity contribution in [3.8, 4) is 5.75 Å². The Morgan fingerprint density at radius 3 is 2.42 bits per heavy atom. The average Bonchev–Trinajstić information content (AvgIpc) is 2.65. The lowest BCUT2D eigenvalue weighted by Crippen LogP contribution is -2.26. The van der Waals surface area contributed by atoms with Crippen LogP contribution in [0.1, 0.15) is 22.3 Å². The van der Waals surface area contributed by atoms with Crippen molar-refractivity contribution in [1.29, 1.82) is 0 Å². The summed E-state index contributed by atoms with van der Waals surface area (Å²) >= 11 is 0. The Hall–Kier alpha value is -2.38. The second-order valence-electron chi connectivity index (χ2n) is 6.08. The maximum absolute atomic E-state index is 12.4. The Labute approximate surface area is 154 Å². The number of carbonyl (C=O) groups excluding carboxylic acids is 1. The van der Waals surface area contributed by atoms with Crippen LogP contribution in [-0.2, 0) is 16.4 Å². The molecule has 0 aliphatic carbocycles. The van der Waals surface area contributed by atoms with Gasteiger partial charge < -0.3 is 9.64 Å². The first-order chi connectivity index (χ1) is 12.3. The van der Waals surface area contributed by atoms with Gasteiger partial charge in [-0.25, -0.2) is 13.1 Å². The van der Waals surface area contributed by atoms with Crippen molar-refractivity contribution in [3.63, 3.8) is 0 Å². The number of rotatable bonds is 8. The summed E-state index contributed by atoms with van der Waals surface area (Å²) < 4.78 is 32.5. The van der Waals surface area contributed by atoms with E-state index < -0.39 is 10.0 Å². The number of aryl methyl sites for hydroxylation is 1. The molecule has 0 atom stereocenters. The number of sulfonamides is 1.